The Morgan fingerprint density at radius 2 is 1.64 bits per heavy atom. The summed E-state index contributed by atoms with van der Waals surface area (Å²) in [5, 5.41) is 3.66. The highest BCUT2D eigenvalue weighted by molar-refractivity contribution is 5.86. The second-order valence-electron chi connectivity index (χ2n) is 8.65. The standard InChI is InChI=1S/C26H27NO/c1-6-14-26(15-7-2)21-11-9-8-10-19(21)20-13-12-18(16-22(20)26)24-27-23(17-28-24)25(3,4)5/h8-13,16,23-24,27H,17H2,1-5H3/t23-,24+/m0/s1. The van der Waals surface area contributed by atoms with Gasteiger partial charge < -0.3 is 4.74 Å². The van der Waals surface area contributed by atoms with Crippen LogP contribution in [0.15, 0.2) is 42.5 Å². The van der Waals surface area contributed by atoms with Crippen LogP contribution in [0.4, 0.5) is 0 Å². The van der Waals surface area contributed by atoms with E-state index in [1.165, 1.54) is 22.3 Å². The first-order valence-corrected chi connectivity index (χ1v) is 9.90. The van der Waals surface area contributed by atoms with Crippen molar-refractivity contribution in [3.63, 3.8) is 0 Å². The summed E-state index contributed by atoms with van der Waals surface area (Å²) in [6.07, 6.45) is -0.0971. The van der Waals surface area contributed by atoms with Gasteiger partial charge in [0, 0.05) is 6.04 Å². The van der Waals surface area contributed by atoms with Gasteiger partial charge in [0.15, 0.2) is 0 Å². The van der Waals surface area contributed by atoms with E-state index < -0.39 is 5.41 Å². The van der Waals surface area contributed by atoms with Crippen LogP contribution < -0.4 is 5.32 Å². The fourth-order valence-corrected chi connectivity index (χ4v) is 4.30. The van der Waals surface area contributed by atoms with Gasteiger partial charge in [0.2, 0.25) is 0 Å². The molecule has 2 aromatic rings. The molecule has 1 fully saturated rings. The number of ether oxygens (including phenoxy) is 1. The van der Waals surface area contributed by atoms with Crippen LogP contribution in [0.1, 0.15) is 57.5 Å². The molecule has 2 heteroatoms. The monoisotopic (exact) mass is 369 g/mol. The van der Waals surface area contributed by atoms with Gasteiger partial charge in [0.05, 0.1) is 6.61 Å². The van der Waals surface area contributed by atoms with Gasteiger partial charge in [-0.15, -0.1) is 11.8 Å². The molecule has 2 nitrogen and oxygen atoms in total. The van der Waals surface area contributed by atoms with Gasteiger partial charge in [0.25, 0.3) is 0 Å². The van der Waals surface area contributed by atoms with Crippen molar-refractivity contribution in [3.05, 3.63) is 59.2 Å². The van der Waals surface area contributed by atoms with E-state index >= 15 is 0 Å². The zero-order valence-electron chi connectivity index (χ0n) is 17.3. The molecular formula is C26H27NO. The van der Waals surface area contributed by atoms with Crippen LogP contribution in [0.5, 0.6) is 0 Å². The summed E-state index contributed by atoms with van der Waals surface area (Å²) >= 11 is 0. The minimum atomic E-state index is -0.576. The minimum Gasteiger partial charge on any atom is -0.357 e. The highest BCUT2D eigenvalue weighted by Crippen LogP contribution is 2.49. The first-order chi connectivity index (χ1) is 13.4. The molecule has 0 bridgehead atoms. The van der Waals surface area contributed by atoms with Crippen molar-refractivity contribution in [2.24, 2.45) is 5.41 Å². The van der Waals surface area contributed by atoms with Crippen LogP contribution >= 0.6 is 0 Å². The third-order valence-electron chi connectivity index (χ3n) is 5.82. The zero-order chi connectivity index (χ0) is 19.9. The Kier molecular flexibility index (Phi) is 4.59. The molecule has 0 aromatic heterocycles. The van der Waals surface area contributed by atoms with E-state index in [9.17, 15) is 0 Å². The molecule has 2 atom stereocenters. The minimum absolute atomic E-state index is 0.0971. The average Bonchev–Trinajstić information content (AvgIpc) is 3.26. The van der Waals surface area contributed by atoms with E-state index in [2.05, 4.69) is 92.2 Å². The topological polar surface area (TPSA) is 21.3 Å². The van der Waals surface area contributed by atoms with E-state index in [0.717, 1.165) is 12.2 Å². The summed E-state index contributed by atoms with van der Waals surface area (Å²) in [4.78, 5) is 0. The lowest BCUT2D eigenvalue weighted by Gasteiger charge is -2.26. The third-order valence-corrected chi connectivity index (χ3v) is 5.82. The molecule has 1 saturated heterocycles. The highest BCUT2D eigenvalue weighted by atomic mass is 16.5. The van der Waals surface area contributed by atoms with Crippen molar-refractivity contribution in [3.8, 4) is 34.8 Å². The van der Waals surface area contributed by atoms with Gasteiger partial charge in [-0.1, -0.05) is 69.0 Å². The Labute approximate surface area is 168 Å². The maximum Gasteiger partial charge on any atom is 0.143 e. The van der Waals surface area contributed by atoms with E-state index in [1.54, 1.807) is 0 Å². The van der Waals surface area contributed by atoms with Crippen molar-refractivity contribution in [2.75, 3.05) is 6.61 Å². The lowest BCUT2D eigenvalue weighted by molar-refractivity contribution is 0.0982. The van der Waals surface area contributed by atoms with Gasteiger partial charge in [-0.3, -0.25) is 5.32 Å². The summed E-state index contributed by atoms with van der Waals surface area (Å²) < 4.78 is 6.12. The number of fused-ring (bicyclic) bond motifs is 3. The predicted molar refractivity (Wildman–Crippen MR) is 115 cm³/mol. The number of benzene rings is 2. The van der Waals surface area contributed by atoms with Crippen LogP contribution in [0.25, 0.3) is 11.1 Å². The molecule has 0 amide bonds. The summed E-state index contributed by atoms with van der Waals surface area (Å²) in [7, 11) is 0. The summed E-state index contributed by atoms with van der Waals surface area (Å²) in [5.74, 6) is 13.1. The molecule has 0 unspecified atom stereocenters. The lowest BCUT2D eigenvalue weighted by atomic mass is 9.79. The summed E-state index contributed by atoms with van der Waals surface area (Å²) in [6.45, 7) is 11.2. The van der Waals surface area contributed by atoms with Gasteiger partial charge in [-0.05, 0) is 53.1 Å². The molecule has 0 spiro atoms. The highest BCUT2D eigenvalue weighted by Gasteiger charge is 2.42. The fourth-order valence-electron chi connectivity index (χ4n) is 4.30. The fraction of sp³-hybridized carbons (Fsp3) is 0.385. The smallest absolute Gasteiger partial charge is 0.143 e. The van der Waals surface area contributed by atoms with Crippen LogP contribution in [0.3, 0.4) is 0 Å². The average molecular weight is 370 g/mol. The molecule has 1 aliphatic heterocycles. The lowest BCUT2D eigenvalue weighted by Crippen LogP contribution is -2.37. The molecule has 0 radical (unpaired) electrons. The Morgan fingerprint density at radius 1 is 0.964 bits per heavy atom. The summed E-state index contributed by atoms with van der Waals surface area (Å²) in [5.41, 5.74) is 5.51. The normalized spacial score (nSPS) is 21.8. The van der Waals surface area contributed by atoms with E-state index in [4.69, 9.17) is 4.74 Å². The van der Waals surface area contributed by atoms with Crippen molar-refractivity contribution >= 4 is 0 Å². The van der Waals surface area contributed by atoms with E-state index in [0.29, 0.717) is 6.04 Å². The molecule has 4 rings (SSSR count). The number of rotatable bonds is 1. The largest absolute Gasteiger partial charge is 0.357 e. The quantitative estimate of drug-likeness (QED) is 0.712. The second kappa shape index (κ2) is 6.82. The molecule has 28 heavy (non-hydrogen) atoms. The first-order valence-electron chi connectivity index (χ1n) is 9.90. The second-order valence-corrected chi connectivity index (χ2v) is 8.65. The van der Waals surface area contributed by atoms with Gasteiger partial charge >= 0.3 is 0 Å². The van der Waals surface area contributed by atoms with Crippen LogP contribution in [0, 0.1) is 29.1 Å². The first kappa shape index (κ1) is 18.8. The van der Waals surface area contributed by atoms with Crippen LogP contribution in [-0.2, 0) is 10.2 Å². The molecule has 2 aromatic carbocycles. The van der Waals surface area contributed by atoms with E-state index in [1.807, 2.05) is 13.8 Å². The zero-order valence-corrected chi connectivity index (χ0v) is 17.3. The van der Waals surface area contributed by atoms with Gasteiger partial charge in [-0.25, -0.2) is 0 Å². The van der Waals surface area contributed by atoms with E-state index in [-0.39, 0.29) is 11.6 Å². The number of hydrogen-bond acceptors (Lipinski definition) is 2. The van der Waals surface area contributed by atoms with Crippen LogP contribution in [-0.4, -0.2) is 12.6 Å². The molecule has 1 N–H and O–H groups in total. The molecular weight excluding hydrogens is 342 g/mol. The Hall–Kier alpha value is -2.52. The third kappa shape index (κ3) is 2.85. The summed E-state index contributed by atoms with van der Waals surface area (Å²) in [6, 6.07) is 15.4. The van der Waals surface area contributed by atoms with Crippen LogP contribution in [0.2, 0.25) is 0 Å². The van der Waals surface area contributed by atoms with Gasteiger partial charge in [-0.2, -0.15) is 0 Å². The predicted octanol–water partition coefficient (Wildman–Crippen LogP) is 5.03. The number of nitrogens with one attached hydrogen (secondary N) is 1. The molecule has 0 saturated carbocycles. The molecule has 142 valence electrons. The van der Waals surface area contributed by atoms with Crippen molar-refractivity contribution in [2.45, 2.75) is 52.3 Å². The van der Waals surface area contributed by atoms with Crippen molar-refractivity contribution < 1.29 is 4.74 Å². The maximum atomic E-state index is 6.12. The molecule has 1 heterocycles. The Balaban J connectivity index is 1.83. The molecule has 2 aliphatic rings. The Morgan fingerprint density at radius 3 is 2.29 bits per heavy atom. The van der Waals surface area contributed by atoms with Crippen molar-refractivity contribution in [1.82, 2.24) is 5.32 Å². The molecule has 1 aliphatic carbocycles. The SMILES string of the molecule is CC#CC1(C#CC)c2ccccc2-c2ccc([C@@H]3N[C@H](C(C)(C)C)CO3)cc21. The van der Waals surface area contributed by atoms with Crippen molar-refractivity contribution in [1.29, 1.82) is 0 Å². The number of hydrogen-bond donors (Lipinski definition) is 1. The van der Waals surface area contributed by atoms with Gasteiger partial charge in [0.1, 0.15) is 11.6 Å². The Bertz CT molecular complexity index is 1020. The maximum absolute atomic E-state index is 6.12.